The Morgan fingerprint density at radius 3 is 2.37 bits per heavy atom. The van der Waals surface area contributed by atoms with Crippen LogP contribution in [-0.4, -0.2) is 50.0 Å². The largest absolute Gasteiger partial charge is 0.341 e. The SMILES string of the molecule is CN1c2nn(Cc3ccccc3)c(=O)c(=O)n2CC12CCN(c1ncccn1)CC2. The number of hydrogen-bond donors (Lipinski definition) is 0. The molecule has 0 bridgehead atoms. The molecule has 30 heavy (non-hydrogen) atoms. The molecule has 2 aliphatic rings. The molecule has 3 aromatic rings. The molecule has 9 heteroatoms. The quantitative estimate of drug-likeness (QED) is 0.594. The first kappa shape index (κ1) is 18.5. The summed E-state index contributed by atoms with van der Waals surface area (Å²) in [5.41, 5.74) is -0.386. The fourth-order valence-corrected chi connectivity index (χ4v) is 4.46. The lowest BCUT2D eigenvalue weighted by Gasteiger charge is -2.43. The van der Waals surface area contributed by atoms with Crippen molar-refractivity contribution in [3.05, 3.63) is 75.1 Å². The minimum absolute atomic E-state index is 0.233. The monoisotopic (exact) mass is 405 g/mol. The predicted octanol–water partition coefficient (Wildman–Crippen LogP) is 0.732. The highest BCUT2D eigenvalue weighted by Crippen LogP contribution is 2.37. The Morgan fingerprint density at radius 2 is 1.67 bits per heavy atom. The van der Waals surface area contributed by atoms with Gasteiger partial charge in [0.1, 0.15) is 0 Å². The van der Waals surface area contributed by atoms with E-state index in [9.17, 15) is 9.59 Å². The predicted molar refractivity (Wildman–Crippen MR) is 113 cm³/mol. The van der Waals surface area contributed by atoms with Gasteiger partial charge >= 0.3 is 11.1 Å². The zero-order valence-corrected chi connectivity index (χ0v) is 16.8. The van der Waals surface area contributed by atoms with Gasteiger partial charge in [0.05, 0.1) is 18.6 Å². The minimum atomic E-state index is -0.580. The molecule has 0 unspecified atom stereocenters. The number of piperidine rings is 1. The molecule has 1 spiro atoms. The van der Waals surface area contributed by atoms with E-state index in [4.69, 9.17) is 0 Å². The third-order valence-electron chi connectivity index (χ3n) is 6.28. The normalized spacial score (nSPS) is 17.4. The van der Waals surface area contributed by atoms with Crippen LogP contribution in [0.3, 0.4) is 0 Å². The first-order valence-corrected chi connectivity index (χ1v) is 10.1. The zero-order chi connectivity index (χ0) is 20.7. The van der Waals surface area contributed by atoms with Crippen molar-refractivity contribution >= 4 is 11.9 Å². The maximum atomic E-state index is 12.9. The molecule has 2 aromatic heterocycles. The molecule has 1 aromatic carbocycles. The summed E-state index contributed by atoms with van der Waals surface area (Å²) in [6.45, 7) is 2.33. The lowest BCUT2D eigenvalue weighted by Crippen LogP contribution is -2.53. The third-order valence-corrected chi connectivity index (χ3v) is 6.28. The van der Waals surface area contributed by atoms with Gasteiger partial charge in [-0.3, -0.25) is 14.2 Å². The number of rotatable bonds is 3. The molecule has 1 fully saturated rings. The maximum absolute atomic E-state index is 12.9. The average Bonchev–Trinajstić information content (AvgIpc) is 3.05. The van der Waals surface area contributed by atoms with Crippen LogP contribution in [0.1, 0.15) is 18.4 Å². The van der Waals surface area contributed by atoms with E-state index in [1.165, 1.54) is 4.68 Å². The van der Waals surface area contributed by atoms with Gasteiger partial charge in [0.25, 0.3) is 0 Å². The van der Waals surface area contributed by atoms with Gasteiger partial charge in [0.15, 0.2) is 0 Å². The van der Waals surface area contributed by atoms with Crippen molar-refractivity contribution in [3.63, 3.8) is 0 Å². The van der Waals surface area contributed by atoms with Crippen LogP contribution in [0, 0.1) is 0 Å². The van der Waals surface area contributed by atoms with E-state index >= 15 is 0 Å². The van der Waals surface area contributed by atoms with E-state index in [1.54, 1.807) is 23.0 Å². The van der Waals surface area contributed by atoms with E-state index in [2.05, 4.69) is 24.9 Å². The molecular formula is C21H23N7O2. The number of nitrogens with zero attached hydrogens (tertiary/aromatic N) is 7. The Balaban J connectivity index is 1.42. The molecule has 4 heterocycles. The standard InChI is InChI=1S/C21H23N7O2/c1-25-20-24-28(14-16-6-3-2-4-7-16)18(30)17(29)27(20)15-21(25)8-12-26(13-9-21)19-22-10-5-11-23-19/h2-7,10-11H,8-9,12-15H2,1H3. The molecule has 2 aliphatic heterocycles. The van der Waals surface area contributed by atoms with Crippen LogP contribution in [-0.2, 0) is 13.1 Å². The smallest absolute Gasteiger partial charge is 0.333 e. The Bertz CT molecular complexity index is 1170. The molecule has 0 radical (unpaired) electrons. The van der Waals surface area contributed by atoms with Gasteiger partial charge in [-0.25, -0.2) is 14.6 Å². The first-order valence-electron chi connectivity index (χ1n) is 10.1. The average molecular weight is 405 g/mol. The minimum Gasteiger partial charge on any atom is -0.341 e. The van der Waals surface area contributed by atoms with Gasteiger partial charge < -0.3 is 9.80 Å². The lowest BCUT2D eigenvalue weighted by molar-refractivity contribution is 0.308. The summed E-state index contributed by atoms with van der Waals surface area (Å²) >= 11 is 0. The highest BCUT2D eigenvalue weighted by Gasteiger charge is 2.46. The fraction of sp³-hybridized carbons (Fsp3) is 0.381. The van der Waals surface area contributed by atoms with Crippen molar-refractivity contribution in [2.75, 3.05) is 29.9 Å². The number of anilines is 2. The fourth-order valence-electron chi connectivity index (χ4n) is 4.46. The summed E-state index contributed by atoms with van der Waals surface area (Å²) in [6.07, 6.45) is 5.15. The zero-order valence-electron chi connectivity index (χ0n) is 16.8. The van der Waals surface area contributed by atoms with E-state index in [0.717, 1.165) is 37.4 Å². The van der Waals surface area contributed by atoms with Gasteiger partial charge in [0, 0.05) is 32.5 Å². The van der Waals surface area contributed by atoms with Crippen molar-refractivity contribution in [1.82, 2.24) is 24.3 Å². The van der Waals surface area contributed by atoms with Gasteiger partial charge in [-0.2, -0.15) is 0 Å². The first-order chi connectivity index (χ1) is 14.6. The number of benzene rings is 1. The summed E-state index contributed by atoms with van der Waals surface area (Å²) in [4.78, 5) is 38.5. The molecule has 154 valence electrons. The molecule has 0 saturated carbocycles. The second kappa shape index (κ2) is 7.08. The molecule has 9 nitrogen and oxygen atoms in total. The Morgan fingerprint density at radius 1 is 0.967 bits per heavy atom. The van der Waals surface area contributed by atoms with Gasteiger partial charge in [0.2, 0.25) is 11.9 Å². The van der Waals surface area contributed by atoms with Gasteiger partial charge in [-0.15, -0.1) is 5.10 Å². The van der Waals surface area contributed by atoms with Crippen molar-refractivity contribution in [1.29, 1.82) is 0 Å². The van der Waals surface area contributed by atoms with Crippen LogP contribution in [0.25, 0.3) is 0 Å². The van der Waals surface area contributed by atoms with E-state index < -0.39 is 11.1 Å². The third kappa shape index (κ3) is 2.97. The van der Waals surface area contributed by atoms with Gasteiger partial charge in [-0.1, -0.05) is 30.3 Å². The second-order valence-corrected chi connectivity index (χ2v) is 7.96. The van der Waals surface area contributed by atoms with Crippen LogP contribution >= 0.6 is 0 Å². The summed E-state index contributed by atoms with van der Waals surface area (Å²) < 4.78 is 2.82. The van der Waals surface area contributed by atoms with Crippen LogP contribution < -0.4 is 20.9 Å². The van der Waals surface area contributed by atoms with Gasteiger partial charge in [-0.05, 0) is 24.5 Å². The summed E-state index contributed by atoms with van der Waals surface area (Å²) in [6, 6.07) is 11.4. The Hall–Kier alpha value is -3.49. The van der Waals surface area contributed by atoms with E-state index in [-0.39, 0.29) is 12.1 Å². The topological polar surface area (TPSA) is 89.2 Å². The van der Waals surface area contributed by atoms with Crippen molar-refractivity contribution in [2.45, 2.75) is 31.5 Å². The molecule has 0 atom stereocenters. The molecule has 0 N–H and O–H groups in total. The molecule has 0 amide bonds. The lowest BCUT2D eigenvalue weighted by atomic mass is 9.87. The number of fused-ring (bicyclic) bond motifs is 1. The Labute approximate surface area is 173 Å². The van der Waals surface area contributed by atoms with E-state index in [0.29, 0.717) is 12.5 Å². The van der Waals surface area contributed by atoms with E-state index in [1.807, 2.05) is 37.4 Å². The second-order valence-electron chi connectivity index (χ2n) is 7.96. The summed E-state index contributed by atoms with van der Waals surface area (Å²) in [7, 11) is 1.97. The molecular weight excluding hydrogens is 382 g/mol. The van der Waals surface area contributed by atoms with Crippen molar-refractivity contribution in [2.24, 2.45) is 0 Å². The highest BCUT2D eigenvalue weighted by molar-refractivity contribution is 5.42. The summed E-state index contributed by atoms with van der Waals surface area (Å²) in [5, 5.41) is 4.57. The Kier molecular flexibility index (Phi) is 4.38. The highest BCUT2D eigenvalue weighted by atomic mass is 16.2. The number of likely N-dealkylation sites (N-methyl/N-ethyl adjacent to an activating group) is 1. The van der Waals surface area contributed by atoms with Crippen molar-refractivity contribution in [3.8, 4) is 0 Å². The number of hydrogen-bond acceptors (Lipinski definition) is 7. The van der Waals surface area contributed by atoms with Crippen LogP contribution in [0.5, 0.6) is 0 Å². The molecule has 1 saturated heterocycles. The van der Waals surface area contributed by atoms with Crippen molar-refractivity contribution < 1.29 is 0 Å². The van der Waals surface area contributed by atoms with Crippen LogP contribution in [0.4, 0.5) is 11.9 Å². The van der Waals surface area contributed by atoms with Crippen LogP contribution in [0.15, 0.2) is 58.4 Å². The maximum Gasteiger partial charge on any atom is 0.333 e. The van der Waals surface area contributed by atoms with Crippen LogP contribution in [0.2, 0.25) is 0 Å². The molecule has 5 rings (SSSR count). The molecule has 0 aliphatic carbocycles. The number of aromatic nitrogens is 5. The summed E-state index contributed by atoms with van der Waals surface area (Å²) in [5.74, 6) is 1.28.